The molecule has 0 saturated heterocycles. The Morgan fingerprint density at radius 3 is 2.61 bits per heavy atom. The Morgan fingerprint density at radius 2 is 1.94 bits per heavy atom. The number of aromatic carboxylic acids is 1. The van der Waals surface area contributed by atoms with Gasteiger partial charge in [-0.2, -0.15) is 0 Å². The highest BCUT2D eigenvalue weighted by molar-refractivity contribution is 6.30. The number of nitrogens with one attached hydrogen (secondary N) is 1. The third kappa shape index (κ3) is 2.60. The van der Waals surface area contributed by atoms with Crippen molar-refractivity contribution in [2.45, 2.75) is 0 Å². The molecule has 0 heterocycles. The molecule has 0 fully saturated rings. The van der Waals surface area contributed by atoms with Crippen LogP contribution in [0.3, 0.4) is 0 Å². The van der Waals surface area contributed by atoms with E-state index in [9.17, 15) is 9.18 Å². The predicted molar refractivity (Wildman–Crippen MR) is 68.1 cm³/mol. The number of para-hydroxylation sites is 1. The molecule has 5 heteroatoms. The highest BCUT2D eigenvalue weighted by Gasteiger charge is 2.09. The monoisotopic (exact) mass is 265 g/mol. The molecular formula is C13H9ClFNO2. The van der Waals surface area contributed by atoms with E-state index in [4.69, 9.17) is 16.7 Å². The van der Waals surface area contributed by atoms with E-state index in [0.717, 1.165) is 0 Å². The molecule has 0 unspecified atom stereocenters. The average molecular weight is 266 g/mol. The summed E-state index contributed by atoms with van der Waals surface area (Å²) >= 11 is 5.57. The van der Waals surface area contributed by atoms with Gasteiger partial charge in [0.05, 0.1) is 16.3 Å². The van der Waals surface area contributed by atoms with Crippen LogP contribution in [0.1, 0.15) is 10.4 Å². The lowest BCUT2D eigenvalue weighted by atomic mass is 10.1. The van der Waals surface area contributed by atoms with Gasteiger partial charge in [0, 0.05) is 5.69 Å². The Kier molecular flexibility index (Phi) is 3.48. The summed E-state index contributed by atoms with van der Waals surface area (Å²) in [6.45, 7) is 0. The van der Waals surface area contributed by atoms with E-state index in [1.165, 1.54) is 18.2 Å². The second-order valence-corrected chi connectivity index (χ2v) is 4.01. The molecule has 0 aliphatic carbocycles. The summed E-state index contributed by atoms with van der Waals surface area (Å²) in [5.74, 6) is -1.61. The number of carboxylic acids is 1. The first-order valence-corrected chi connectivity index (χ1v) is 5.50. The van der Waals surface area contributed by atoms with Crippen molar-refractivity contribution in [2.24, 2.45) is 0 Å². The zero-order valence-electron chi connectivity index (χ0n) is 9.15. The normalized spacial score (nSPS) is 10.1. The molecule has 0 aliphatic rings. The number of hydrogen-bond acceptors (Lipinski definition) is 2. The quantitative estimate of drug-likeness (QED) is 0.884. The van der Waals surface area contributed by atoms with Gasteiger partial charge in [-0.1, -0.05) is 23.7 Å². The van der Waals surface area contributed by atoms with E-state index in [1.807, 2.05) is 0 Å². The van der Waals surface area contributed by atoms with Crippen molar-refractivity contribution in [1.29, 1.82) is 0 Å². The van der Waals surface area contributed by atoms with Gasteiger partial charge < -0.3 is 10.4 Å². The third-order valence-electron chi connectivity index (χ3n) is 2.36. The summed E-state index contributed by atoms with van der Waals surface area (Å²) in [6.07, 6.45) is 0. The van der Waals surface area contributed by atoms with Crippen LogP contribution >= 0.6 is 11.6 Å². The van der Waals surface area contributed by atoms with Crippen molar-refractivity contribution in [3.63, 3.8) is 0 Å². The van der Waals surface area contributed by atoms with Crippen molar-refractivity contribution in [3.8, 4) is 0 Å². The fraction of sp³-hybridized carbons (Fsp3) is 0. The van der Waals surface area contributed by atoms with Crippen LogP contribution in [0.5, 0.6) is 0 Å². The molecule has 0 radical (unpaired) electrons. The maximum absolute atomic E-state index is 13.3. The molecule has 2 N–H and O–H groups in total. The SMILES string of the molecule is O=C(O)c1ccccc1Nc1ccc(Cl)c(F)c1. The Hall–Kier alpha value is -2.07. The van der Waals surface area contributed by atoms with E-state index in [-0.39, 0.29) is 10.6 Å². The summed E-state index contributed by atoms with van der Waals surface area (Å²) in [6, 6.07) is 10.6. The lowest BCUT2D eigenvalue weighted by Gasteiger charge is -2.09. The van der Waals surface area contributed by atoms with Crippen LogP contribution in [-0.4, -0.2) is 11.1 Å². The number of hydrogen-bond donors (Lipinski definition) is 2. The molecular weight excluding hydrogens is 257 g/mol. The van der Waals surface area contributed by atoms with Gasteiger partial charge in [0.1, 0.15) is 5.82 Å². The van der Waals surface area contributed by atoms with Gasteiger partial charge in [-0.05, 0) is 30.3 Å². The van der Waals surface area contributed by atoms with Crippen LogP contribution < -0.4 is 5.32 Å². The number of rotatable bonds is 3. The first kappa shape index (κ1) is 12.4. The molecule has 0 bridgehead atoms. The summed E-state index contributed by atoms with van der Waals surface area (Å²) in [5.41, 5.74) is 0.949. The van der Waals surface area contributed by atoms with E-state index in [2.05, 4.69) is 5.32 Å². The fourth-order valence-electron chi connectivity index (χ4n) is 1.51. The standard InChI is InChI=1S/C13H9ClFNO2/c14-10-6-5-8(7-11(10)15)16-12-4-2-1-3-9(12)13(17)18/h1-7,16H,(H,17,18). The van der Waals surface area contributed by atoms with Crippen LogP contribution in [0.15, 0.2) is 42.5 Å². The molecule has 3 nitrogen and oxygen atoms in total. The second kappa shape index (κ2) is 5.06. The smallest absolute Gasteiger partial charge is 0.337 e. The Bertz CT molecular complexity index is 601. The molecule has 2 aromatic carbocycles. The van der Waals surface area contributed by atoms with Gasteiger partial charge in [-0.25, -0.2) is 9.18 Å². The van der Waals surface area contributed by atoms with Crippen LogP contribution in [0, 0.1) is 5.82 Å². The molecule has 0 atom stereocenters. The minimum atomic E-state index is -1.05. The van der Waals surface area contributed by atoms with Gasteiger partial charge in [-0.15, -0.1) is 0 Å². The molecule has 0 aromatic heterocycles. The zero-order chi connectivity index (χ0) is 13.1. The maximum atomic E-state index is 13.3. The van der Waals surface area contributed by atoms with E-state index < -0.39 is 11.8 Å². The van der Waals surface area contributed by atoms with Crippen molar-refractivity contribution in [1.82, 2.24) is 0 Å². The fourth-order valence-corrected chi connectivity index (χ4v) is 1.63. The number of carboxylic acid groups (broad SMARTS) is 1. The van der Waals surface area contributed by atoms with E-state index >= 15 is 0 Å². The van der Waals surface area contributed by atoms with Gasteiger partial charge in [-0.3, -0.25) is 0 Å². The van der Waals surface area contributed by atoms with Crippen molar-refractivity contribution < 1.29 is 14.3 Å². The first-order chi connectivity index (χ1) is 8.58. The molecule has 0 spiro atoms. The summed E-state index contributed by atoms with van der Waals surface area (Å²) in [4.78, 5) is 11.0. The third-order valence-corrected chi connectivity index (χ3v) is 2.66. The topological polar surface area (TPSA) is 49.3 Å². The number of anilines is 2. The summed E-state index contributed by atoms with van der Waals surface area (Å²) in [5, 5.41) is 11.9. The van der Waals surface area contributed by atoms with Gasteiger partial charge >= 0.3 is 5.97 Å². The predicted octanol–water partition coefficient (Wildman–Crippen LogP) is 3.92. The molecule has 0 saturated carbocycles. The summed E-state index contributed by atoms with van der Waals surface area (Å²) < 4.78 is 13.3. The number of halogens is 2. The maximum Gasteiger partial charge on any atom is 0.337 e. The van der Waals surface area contributed by atoms with Crippen molar-refractivity contribution in [2.75, 3.05) is 5.32 Å². The second-order valence-electron chi connectivity index (χ2n) is 3.60. The van der Waals surface area contributed by atoms with Crippen LogP contribution in [0.25, 0.3) is 0 Å². The van der Waals surface area contributed by atoms with Gasteiger partial charge in [0.2, 0.25) is 0 Å². The average Bonchev–Trinajstić information content (AvgIpc) is 2.34. The highest BCUT2D eigenvalue weighted by atomic mass is 35.5. The minimum Gasteiger partial charge on any atom is -0.478 e. The zero-order valence-corrected chi connectivity index (χ0v) is 9.91. The van der Waals surface area contributed by atoms with Gasteiger partial charge in [0.25, 0.3) is 0 Å². The highest BCUT2D eigenvalue weighted by Crippen LogP contribution is 2.24. The largest absolute Gasteiger partial charge is 0.478 e. The van der Waals surface area contributed by atoms with Crippen LogP contribution in [0.4, 0.5) is 15.8 Å². The van der Waals surface area contributed by atoms with Gasteiger partial charge in [0.15, 0.2) is 0 Å². The first-order valence-electron chi connectivity index (χ1n) is 5.12. The molecule has 0 aliphatic heterocycles. The van der Waals surface area contributed by atoms with Crippen molar-refractivity contribution in [3.05, 3.63) is 58.9 Å². The Labute approximate surface area is 108 Å². The van der Waals surface area contributed by atoms with Crippen LogP contribution in [0.2, 0.25) is 5.02 Å². The molecule has 2 rings (SSSR count). The Morgan fingerprint density at radius 1 is 1.22 bits per heavy atom. The molecule has 2 aromatic rings. The lowest BCUT2D eigenvalue weighted by molar-refractivity contribution is 0.0698. The molecule has 0 amide bonds. The lowest BCUT2D eigenvalue weighted by Crippen LogP contribution is -2.02. The van der Waals surface area contributed by atoms with E-state index in [0.29, 0.717) is 11.4 Å². The molecule has 18 heavy (non-hydrogen) atoms. The van der Waals surface area contributed by atoms with E-state index in [1.54, 1.807) is 24.3 Å². The minimum absolute atomic E-state index is 0.0204. The number of benzene rings is 2. The molecule has 92 valence electrons. The number of carbonyl (C=O) groups is 1. The summed E-state index contributed by atoms with van der Waals surface area (Å²) in [7, 11) is 0. The van der Waals surface area contributed by atoms with Crippen molar-refractivity contribution >= 4 is 28.9 Å². The van der Waals surface area contributed by atoms with Crippen LogP contribution in [-0.2, 0) is 0 Å². The Balaban J connectivity index is 2.34.